The van der Waals surface area contributed by atoms with E-state index in [0.29, 0.717) is 6.92 Å². The summed E-state index contributed by atoms with van der Waals surface area (Å²) in [5.74, 6) is -20.2. The Hall–Kier alpha value is -1.48. The van der Waals surface area contributed by atoms with Gasteiger partial charge in [-0.05, 0) is 70.6 Å². The first-order valence-corrected chi connectivity index (χ1v) is 11.5. The quantitative estimate of drug-likeness (QED) is 0.237. The van der Waals surface area contributed by atoms with Crippen LogP contribution in [-0.4, -0.2) is 52.7 Å². The first-order valence-electron chi connectivity index (χ1n) is 11.5. The summed E-state index contributed by atoms with van der Waals surface area (Å²) in [5.41, 5.74) is -10.7. The van der Waals surface area contributed by atoms with Crippen molar-refractivity contribution in [3.05, 3.63) is 0 Å². The second kappa shape index (κ2) is 9.28. The van der Waals surface area contributed by atoms with Crippen LogP contribution in [0.5, 0.6) is 0 Å². The zero-order valence-corrected chi connectivity index (χ0v) is 20.5. The van der Waals surface area contributed by atoms with E-state index in [4.69, 9.17) is 4.74 Å². The third-order valence-corrected chi connectivity index (χ3v) is 8.29. The molecule has 0 radical (unpaired) electrons. The third kappa shape index (κ3) is 4.95. The average molecular weight is 586 g/mol. The van der Waals surface area contributed by atoms with Gasteiger partial charge in [-0.25, -0.2) is 0 Å². The predicted octanol–water partition coefficient (Wildman–Crippen LogP) is 7.47. The Morgan fingerprint density at radius 3 is 1.55 bits per heavy atom. The molecular formula is C22H27F13O3. The molecule has 2 rings (SSSR count). The van der Waals surface area contributed by atoms with Crippen molar-refractivity contribution >= 4 is 5.97 Å². The van der Waals surface area contributed by atoms with E-state index < -0.39 is 95.9 Å². The van der Waals surface area contributed by atoms with Crippen LogP contribution in [0.25, 0.3) is 0 Å². The molecule has 0 aliphatic heterocycles. The van der Waals surface area contributed by atoms with Crippen molar-refractivity contribution in [1.82, 2.24) is 0 Å². The molecule has 2 aliphatic rings. The average Bonchev–Trinajstić information content (AvgIpc) is 3.30. The van der Waals surface area contributed by atoms with E-state index in [1.807, 2.05) is 0 Å². The van der Waals surface area contributed by atoms with E-state index in [1.54, 1.807) is 0 Å². The first-order chi connectivity index (χ1) is 16.6. The van der Waals surface area contributed by atoms with Gasteiger partial charge in [0.25, 0.3) is 0 Å². The molecule has 2 aliphatic carbocycles. The van der Waals surface area contributed by atoms with Crippen LogP contribution in [0.1, 0.15) is 59.8 Å². The minimum atomic E-state index is -6.98. The van der Waals surface area contributed by atoms with Gasteiger partial charge in [0.15, 0.2) is 5.41 Å². The largest absolute Gasteiger partial charge is 0.459 e. The van der Waals surface area contributed by atoms with Crippen LogP contribution in [0.15, 0.2) is 0 Å². The molecule has 0 aromatic heterocycles. The molecule has 3 nitrogen and oxygen atoms in total. The predicted molar refractivity (Wildman–Crippen MR) is 104 cm³/mol. The number of hydrogen-bond donors (Lipinski definition) is 1. The minimum Gasteiger partial charge on any atom is -0.459 e. The maximum Gasteiger partial charge on any atom is 0.456 e. The standard InChI is InChI=1S/C22H27F13O3/c1-5-16(4,20(27,28)29)14(36)38-15(2,3)13-8-10-6-11(12(13)7-10)9-17(37,18(23,24)21(30,31)32)19(25,26)22(33,34)35/h10-13,37H,5-9H2,1-4H3. The Balaban J connectivity index is 2.44. The van der Waals surface area contributed by atoms with Gasteiger partial charge in [-0.15, -0.1) is 0 Å². The van der Waals surface area contributed by atoms with E-state index in [0.717, 1.165) is 20.8 Å². The van der Waals surface area contributed by atoms with Gasteiger partial charge >= 0.3 is 36.3 Å². The molecule has 0 amide bonds. The first kappa shape index (κ1) is 32.7. The topological polar surface area (TPSA) is 46.5 Å². The normalized spacial score (nSPS) is 27.4. The van der Waals surface area contributed by atoms with Crippen molar-refractivity contribution in [1.29, 1.82) is 0 Å². The van der Waals surface area contributed by atoms with Crippen molar-refractivity contribution in [2.24, 2.45) is 29.1 Å². The lowest BCUT2D eigenvalue weighted by atomic mass is 9.68. The Morgan fingerprint density at radius 2 is 1.21 bits per heavy atom. The van der Waals surface area contributed by atoms with Crippen LogP contribution in [-0.2, 0) is 9.53 Å². The smallest absolute Gasteiger partial charge is 0.456 e. The van der Waals surface area contributed by atoms with Gasteiger partial charge in [0.05, 0.1) is 0 Å². The van der Waals surface area contributed by atoms with Gasteiger partial charge in [0.1, 0.15) is 5.60 Å². The highest BCUT2D eigenvalue weighted by molar-refractivity contribution is 5.77. The van der Waals surface area contributed by atoms with E-state index >= 15 is 0 Å². The molecule has 0 saturated heterocycles. The summed E-state index contributed by atoms with van der Waals surface area (Å²) in [6.45, 7) is 3.87. The Kier molecular flexibility index (Phi) is 8.00. The molecule has 0 spiro atoms. The van der Waals surface area contributed by atoms with E-state index in [9.17, 15) is 67.0 Å². The SMILES string of the molecule is CCC(C)(C(=O)OC(C)(C)C1CC2CC(CC(O)(C(F)(F)C(F)(F)F)C(F)(F)C(F)(F)F)C1C2)C(F)(F)F. The van der Waals surface area contributed by atoms with Gasteiger partial charge in [0, 0.05) is 5.92 Å². The molecule has 0 heterocycles. The summed E-state index contributed by atoms with van der Waals surface area (Å²) in [7, 11) is 0. The summed E-state index contributed by atoms with van der Waals surface area (Å²) >= 11 is 0. The number of esters is 1. The number of alkyl halides is 13. The fourth-order valence-corrected chi connectivity index (χ4v) is 5.72. The zero-order chi connectivity index (χ0) is 30.1. The molecule has 1 N–H and O–H groups in total. The molecule has 5 unspecified atom stereocenters. The fourth-order valence-electron chi connectivity index (χ4n) is 5.72. The van der Waals surface area contributed by atoms with Crippen LogP contribution in [0, 0.1) is 29.1 Å². The molecule has 224 valence electrons. The van der Waals surface area contributed by atoms with Crippen LogP contribution in [0.3, 0.4) is 0 Å². The number of ether oxygens (including phenoxy) is 1. The summed E-state index contributed by atoms with van der Waals surface area (Å²) in [5, 5.41) is 9.94. The fraction of sp³-hybridized carbons (Fsp3) is 0.955. The highest BCUT2D eigenvalue weighted by Crippen LogP contribution is 2.63. The lowest BCUT2D eigenvalue weighted by molar-refractivity contribution is -0.426. The molecule has 2 bridgehead atoms. The maximum absolute atomic E-state index is 14.2. The van der Waals surface area contributed by atoms with Crippen molar-refractivity contribution in [2.45, 2.75) is 101 Å². The molecule has 2 fully saturated rings. The van der Waals surface area contributed by atoms with Gasteiger partial charge in [0.2, 0.25) is 5.60 Å². The lowest BCUT2D eigenvalue weighted by Crippen LogP contribution is -2.71. The number of aliphatic hydroxyl groups is 1. The second-order valence-electron chi connectivity index (χ2n) is 11.0. The second-order valence-corrected chi connectivity index (χ2v) is 11.0. The summed E-state index contributed by atoms with van der Waals surface area (Å²) in [6.07, 6.45) is -22.5. The zero-order valence-electron chi connectivity index (χ0n) is 20.5. The van der Waals surface area contributed by atoms with Crippen molar-refractivity contribution in [2.75, 3.05) is 0 Å². The molecule has 2 saturated carbocycles. The summed E-state index contributed by atoms with van der Waals surface area (Å²) in [4.78, 5) is 12.5. The summed E-state index contributed by atoms with van der Waals surface area (Å²) < 4.78 is 180. The Morgan fingerprint density at radius 1 is 0.763 bits per heavy atom. The van der Waals surface area contributed by atoms with Crippen LogP contribution < -0.4 is 0 Å². The number of fused-ring (bicyclic) bond motifs is 2. The summed E-state index contributed by atoms with van der Waals surface area (Å²) in [6, 6.07) is 0. The minimum absolute atomic E-state index is 0.0278. The molecule has 0 aromatic carbocycles. The monoisotopic (exact) mass is 586 g/mol. The van der Waals surface area contributed by atoms with Crippen molar-refractivity contribution in [3.63, 3.8) is 0 Å². The van der Waals surface area contributed by atoms with Gasteiger partial charge in [-0.1, -0.05) is 6.92 Å². The van der Waals surface area contributed by atoms with Crippen molar-refractivity contribution in [3.8, 4) is 0 Å². The highest BCUT2D eigenvalue weighted by Gasteiger charge is 2.85. The molecule has 5 atom stereocenters. The number of carbonyl (C=O) groups excluding carboxylic acids is 1. The lowest BCUT2D eigenvalue weighted by Gasteiger charge is -2.46. The maximum atomic E-state index is 14.2. The number of halogens is 13. The Labute approximate surface area is 209 Å². The van der Waals surface area contributed by atoms with Gasteiger partial charge in [-0.3, -0.25) is 4.79 Å². The van der Waals surface area contributed by atoms with Crippen molar-refractivity contribution < 1.29 is 71.7 Å². The number of rotatable bonds is 8. The van der Waals surface area contributed by atoms with Crippen LogP contribution >= 0.6 is 0 Å². The van der Waals surface area contributed by atoms with E-state index in [-0.39, 0.29) is 12.8 Å². The van der Waals surface area contributed by atoms with E-state index in [2.05, 4.69) is 0 Å². The van der Waals surface area contributed by atoms with E-state index in [1.165, 1.54) is 0 Å². The number of carbonyl (C=O) groups is 1. The van der Waals surface area contributed by atoms with Crippen LogP contribution in [0.2, 0.25) is 0 Å². The van der Waals surface area contributed by atoms with Crippen LogP contribution in [0.4, 0.5) is 57.1 Å². The molecule has 0 aromatic rings. The van der Waals surface area contributed by atoms with Gasteiger partial charge < -0.3 is 9.84 Å². The van der Waals surface area contributed by atoms with Gasteiger partial charge in [-0.2, -0.15) is 57.1 Å². The Bertz CT molecular complexity index is 864. The third-order valence-electron chi connectivity index (χ3n) is 8.29. The number of hydrogen-bond acceptors (Lipinski definition) is 3. The molecule has 38 heavy (non-hydrogen) atoms. The highest BCUT2D eigenvalue weighted by atomic mass is 19.4. The molecule has 16 heteroatoms. The molecular weight excluding hydrogens is 559 g/mol.